The van der Waals surface area contributed by atoms with E-state index >= 15 is 0 Å². The van der Waals surface area contributed by atoms with Crippen LogP contribution in [0.5, 0.6) is 0 Å². The Morgan fingerprint density at radius 2 is 2.42 bits per heavy atom. The van der Waals surface area contributed by atoms with Crippen LogP contribution in [0, 0.1) is 18.3 Å². The molecule has 0 aromatic carbocycles. The number of aromatic nitrogens is 3. The third kappa shape index (κ3) is 1.83. The predicted molar refractivity (Wildman–Crippen MR) is 72.5 cm³/mol. The number of nitrogen functional groups attached to an aromatic ring is 1. The molecule has 6 nitrogen and oxygen atoms in total. The highest BCUT2D eigenvalue weighted by Crippen LogP contribution is 2.29. The maximum atomic E-state index is 9.27. The van der Waals surface area contributed by atoms with Crippen molar-refractivity contribution in [1.82, 2.24) is 20.1 Å². The number of nitrogens with two attached hydrogens (primary N) is 1. The number of pyridine rings is 1. The number of hydrogen-bond acceptors (Lipinski definition) is 5. The molecule has 1 aliphatic heterocycles. The molecule has 19 heavy (non-hydrogen) atoms. The highest BCUT2D eigenvalue weighted by Gasteiger charge is 2.22. The summed E-state index contributed by atoms with van der Waals surface area (Å²) in [5.74, 6) is 0.446. The number of nitriles is 1. The topological polar surface area (TPSA) is 92.5 Å². The van der Waals surface area contributed by atoms with Crippen LogP contribution in [0.15, 0.2) is 6.20 Å². The van der Waals surface area contributed by atoms with Gasteiger partial charge in [-0.25, -0.2) is 4.98 Å². The van der Waals surface area contributed by atoms with Crippen molar-refractivity contribution >= 4 is 16.7 Å². The summed E-state index contributed by atoms with van der Waals surface area (Å²) in [6, 6.07) is 2.47. The molecule has 1 fully saturated rings. The van der Waals surface area contributed by atoms with E-state index < -0.39 is 0 Å². The third-order valence-electron chi connectivity index (χ3n) is 3.67. The fourth-order valence-corrected chi connectivity index (χ4v) is 2.76. The Balaban J connectivity index is 2.25. The molecule has 0 spiro atoms. The van der Waals surface area contributed by atoms with Crippen LogP contribution in [0.4, 0.5) is 5.82 Å². The van der Waals surface area contributed by atoms with Crippen molar-refractivity contribution in [3.05, 3.63) is 17.5 Å². The zero-order valence-corrected chi connectivity index (χ0v) is 10.8. The van der Waals surface area contributed by atoms with Crippen LogP contribution in [0.3, 0.4) is 0 Å². The SMILES string of the molecule is Cc1nn(C2CCCNC2)c2c(C#N)cnc(N)c12. The van der Waals surface area contributed by atoms with Gasteiger partial charge >= 0.3 is 0 Å². The summed E-state index contributed by atoms with van der Waals surface area (Å²) >= 11 is 0. The van der Waals surface area contributed by atoms with Gasteiger partial charge in [0.05, 0.1) is 28.2 Å². The first-order chi connectivity index (χ1) is 9.22. The Bertz CT molecular complexity index is 660. The number of nitrogens with zero attached hydrogens (tertiary/aromatic N) is 4. The van der Waals surface area contributed by atoms with E-state index in [4.69, 9.17) is 5.73 Å². The lowest BCUT2D eigenvalue weighted by molar-refractivity contribution is 0.353. The summed E-state index contributed by atoms with van der Waals surface area (Å²) < 4.78 is 1.95. The van der Waals surface area contributed by atoms with E-state index in [1.807, 2.05) is 11.6 Å². The zero-order valence-electron chi connectivity index (χ0n) is 10.8. The van der Waals surface area contributed by atoms with Gasteiger partial charge in [0.1, 0.15) is 11.9 Å². The number of anilines is 1. The van der Waals surface area contributed by atoms with Gasteiger partial charge in [-0.1, -0.05) is 0 Å². The van der Waals surface area contributed by atoms with Crippen LogP contribution in [-0.4, -0.2) is 27.9 Å². The molecule has 1 atom stereocenters. The van der Waals surface area contributed by atoms with Gasteiger partial charge in [0.15, 0.2) is 0 Å². The second-order valence-corrected chi connectivity index (χ2v) is 4.92. The van der Waals surface area contributed by atoms with Gasteiger partial charge in [-0.05, 0) is 26.3 Å². The first-order valence-electron chi connectivity index (χ1n) is 6.46. The molecule has 3 rings (SSSR count). The number of hydrogen-bond donors (Lipinski definition) is 2. The quantitative estimate of drug-likeness (QED) is 0.797. The van der Waals surface area contributed by atoms with Gasteiger partial charge in [0, 0.05) is 12.7 Å². The van der Waals surface area contributed by atoms with Crippen LogP contribution < -0.4 is 11.1 Å². The summed E-state index contributed by atoms with van der Waals surface area (Å²) in [6.07, 6.45) is 3.72. The molecule has 2 aromatic heterocycles. The van der Waals surface area contributed by atoms with Crippen LogP contribution in [-0.2, 0) is 0 Å². The maximum Gasteiger partial charge on any atom is 0.134 e. The second kappa shape index (κ2) is 4.52. The van der Waals surface area contributed by atoms with Crippen molar-refractivity contribution in [2.75, 3.05) is 18.8 Å². The highest BCUT2D eigenvalue weighted by molar-refractivity contribution is 5.94. The largest absolute Gasteiger partial charge is 0.383 e. The minimum Gasteiger partial charge on any atom is -0.383 e. The zero-order chi connectivity index (χ0) is 13.4. The molecule has 3 heterocycles. The molecule has 1 aliphatic rings. The van der Waals surface area contributed by atoms with E-state index in [9.17, 15) is 5.26 Å². The van der Waals surface area contributed by atoms with Crippen LogP contribution >= 0.6 is 0 Å². The van der Waals surface area contributed by atoms with Crippen molar-refractivity contribution in [3.8, 4) is 6.07 Å². The predicted octanol–water partition coefficient (Wildman–Crippen LogP) is 1.12. The molecule has 0 amide bonds. The Kier molecular flexibility index (Phi) is 2.84. The van der Waals surface area contributed by atoms with E-state index in [0.717, 1.165) is 42.5 Å². The number of aryl methyl sites for hydroxylation is 1. The summed E-state index contributed by atoms with van der Waals surface area (Å²) in [6.45, 7) is 3.83. The molecule has 0 saturated carbocycles. The molecule has 1 unspecified atom stereocenters. The van der Waals surface area contributed by atoms with Crippen LogP contribution in [0.2, 0.25) is 0 Å². The summed E-state index contributed by atoms with van der Waals surface area (Å²) in [7, 11) is 0. The van der Waals surface area contributed by atoms with E-state index in [1.165, 1.54) is 6.20 Å². The molecule has 0 radical (unpaired) electrons. The van der Waals surface area contributed by atoms with Crippen molar-refractivity contribution in [3.63, 3.8) is 0 Å². The lowest BCUT2D eigenvalue weighted by Gasteiger charge is -2.24. The fraction of sp³-hybridized carbons (Fsp3) is 0.462. The van der Waals surface area contributed by atoms with E-state index in [0.29, 0.717) is 11.4 Å². The van der Waals surface area contributed by atoms with Crippen molar-refractivity contribution in [2.45, 2.75) is 25.8 Å². The van der Waals surface area contributed by atoms with Gasteiger partial charge in [0.2, 0.25) is 0 Å². The van der Waals surface area contributed by atoms with E-state index in [1.54, 1.807) is 0 Å². The van der Waals surface area contributed by atoms with Gasteiger partial charge in [-0.3, -0.25) is 4.68 Å². The van der Waals surface area contributed by atoms with Crippen molar-refractivity contribution in [2.24, 2.45) is 0 Å². The molecule has 98 valence electrons. The van der Waals surface area contributed by atoms with Crippen LogP contribution in [0.1, 0.15) is 30.1 Å². The van der Waals surface area contributed by atoms with Crippen molar-refractivity contribution in [1.29, 1.82) is 5.26 Å². The molecular formula is C13H16N6. The second-order valence-electron chi connectivity index (χ2n) is 4.92. The molecule has 3 N–H and O–H groups in total. The van der Waals surface area contributed by atoms with E-state index in [2.05, 4.69) is 21.5 Å². The Hall–Kier alpha value is -2.13. The average Bonchev–Trinajstić information content (AvgIpc) is 2.79. The lowest BCUT2D eigenvalue weighted by atomic mass is 10.1. The Morgan fingerprint density at radius 1 is 1.58 bits per heavy atom. The smallest absolute Gasteiger partial charge is 0.134 e. The molecular weight excluding hydrogens is 240 g/mol. The molecule has 0 bridgehead atoms. The first-order valence-corrected chi connectivity index (χ1v) is 6.46. The van der Waals surface area contributed by atoms with E-state index in [-0.39, 0.29) is 6.04 Å². The maximum absolute atomic E-state index is 9.27. The Morgan fingerprint density at radius 3 is 3.11 bits per heavy atom. The third-order valence-corrected chi connectivity index (χ3v) is 3.67. The number of rotatable bonds is 1. The standard InChI is InChI=1S/C13H16N6/c1-8-11-12(9(5-14)6-17-13(11)15)19(18-8)10-3-2-4-16-7-10/h6,10,16H,2-4,7H2,1H3,(H2,15,17). The summed E-state index contributed by atoms with van der Waals surface area (Å²) in [4.78, 5) is 4.08. The highest BCUT2D eigenvalue weighted by atomic mass is 15.3. The average molecular weight is 256 g/mol. The molecule has 1 saturated heterocycles. The van der Waals surface area contributed by atoms with Gasteiger partial charge in [-0.15, -0.1) is 0 Å². The molecule has 2 aromatic rings. The van der Waals surface area contributed by atoms with Gasteiger partial charge in [0.25, 0.3) is 0 Å². The number of fused-ring (bicyclic) bond motifs is 1. The van der Waals surface area contributed by atoms with Crippen LogP contribution in [0.25, 0.3) is 10.9 Å². The fourth-order valence-electron chi connectivity index (χ4n) is 2.76. The summed E-state index contributed by atoms with van der Waals surface area (Å²) in [5, 5.41) is 18.0. The van der Waals surface area contributed by atoms with Gasteiger partial charge in [-0.2, -0.15) is 10.4 Å². The monoisotopic (exact) mass is 256 g/mol. The van der Waals surface area contributed by atoms with Crippen molar-refractivity contribution < 1.29 is 0 Å². The van der Waals surface area contributed by atoms with Gasteiger partial charge < -0.3 is 11.1 Å². The summed E-state index contributed by atoms with van der Waals surface area (Å²) in [5.41, 5.74) is 8.13. The molecule has 6 heteroatoms. The normalized spacial score (nSPS) is 19.5. The lowest BCUT2D eigenvalue weighted by Crippen LogP contribution is -2.32. The number of piperidine rings is 1. The first kappa shape index (κ1) is 11.9. The Labute approximate surface area is 111 Å². The minimum absolute atomic E-state index is 0.277. The minimum atomic E-state index is 0.277. The number of nitrogens with one attached hydrogen (secondary N) is 1. The molecule has 0 aliphatic carbocycles.